The highest BCUT2D eigenvalue weighted by atomic mass is 32.2. The summed E-state index contributed by atoms with van der Waals surface area (Å²) in [6, 6.07) is 5.22. The summed E-state index contributed by atoms with van der Waals surface area (Å²) in [4.78, 5) is 16.1. The Bertz CT molecular complexity index is 748. The third-order valence-corrected chi connectivity index (χ3v) is 6.56. The van der Waals surface area contributed by atoms with E-state index in [0.29, 0.717) is 23.8 Å². The number of hydrogen-bond donors (Lipinski definition) is 0. The van der Waals surface area contributed by atoms with Crippen LogP contribution >= 0.6 is 23.1 Å². The summed E-state index contributed by atoms with van der Waals surface area (Å²) < 4.78 is 2.28. The van der Waals surface area contributed by atoms with Crippen molar-refractivity contribution in [3.8, 4) is 0 Å². The predicted octanol–water partition coefficient (Wildman–Crippen LogP) is 4.00. The van der Waals surface area contributed by atoms with Gasteiger partial charge in [-0.05, 0) is 43.0 Å². The average Bonchev–Trinajstić information content (AvgIpc) is 3.54. The molecule has 2 aliphatic carbocycles. The summed E-state index contributed by atoms with van der Waals surface area (Å²) in [5, 5.41) is 11.9. The second kappa shape index (κ2) is 7.72. The minimum absolute atomic E-state index is 0.247. The molecular formula is C19H26N4OS2. The van der Waals surface area contributed by atoms with Gasteiger partial charge in [0.15, 0.2) is 5.16 Å². The SMILES string of the molecule is CC(C)CN(C(=O)CSc1nnc(Cc2cccs2)n1C1CC1)C1CC1. The van der Waals surface area contributed by atoms with E-state index in [0.717, 1.165) is 36.8 Å². The van der Waals surface area contributed by atoms with Gasteiger partial charge in [-0.3, -0.25) is 4.79 Å². The number of nitrogens with zero attached hydrogens (tertiary/aromatic N) is 4. The minimum Gasteiger partial charge on any atom is -0.339 e. The zero-order valence-corrected chi connectivity index (χ0v) is 17.1. The fraction of sp³-hybridized carbons (Fsp3) is 0.632. The molecule has 0 N–H and O–H groups in total. The standard InChI is InChI=1S/C19H26N4OS2/c1-13(2)11-22(14-5-6-14)18(24)12-26-19-21-20-17(23(19)15-7-8-15)10-16-4-3-9-25-16/h3-4,9,13-15H,5-8,10-12H2,1-2H3. The highest BCUT2D eigenvalue weighted by Gasteiger charge is 2.34. The number of thioether (sulfide) groups is 1. The van der Waals surface area contributed by atoms with Crippen LogP contribution in [-0.4, -0.2) is 43.9 Å². The highest BCUT2D eigenvalue weighted by molar-refractivity contribution is 7.99. The van der Waals surface area contributed by atoms with Gasteiger partial charge in [-0.1, -0.05) is 31.7 Å². The first-order chi connectivity index (χ1) is 12.6. The van der Waals surface area contributed by atoms with E-state index in [1.165, 1.54) is 17.7 Å². The fourth-order valence-corrected chi connectivity index (χ4v) is 4.85. The third-order valence-electron chi connectivity index (χ3n) is 4.75. The number of carbonyl (C=O) groups excluding carboxylic acids is 1. The number of rotatable bonds is 9. The molecule has 0 unspecified atom stereocenters. The maximum absolute atomic E-state index is 12.7. The van der Waals surface area contributed by atoms with E-state index >= 15 is 0 Å². The quantitative estimate of drug-likeness (QED) is 0.607. The summed E-state index contributed by atoms with van der Waals surface area (Å²) >= 11 is 3.32. The lowest BCUT2D eigenvalue weighted by Gasteiger charge is -2.24. The second-order valence-corrected chi connectivity index (χ2v) is 9.69. The first kappa shape index (κ1) is 18.0. The first-order valence-corrected chi connectivity index (χ1v) is 11.4. The van der Waals surface area contributed by atoms with Crippen molar-refractivity contribution in [1.82, 2.24) is 19.7 Å². The molecule has 7 heteroatoms. The molecule has 0 saturated heterocycles. The van der Waals surface area contributed by atoms with Gasteiger partial charge in [0.25, 0.3) is 0 Å². The molecule has 2 fully saturated rings. The van der Waals surface area contributed by atoms with Gasteiger partial charge in [0, 0.05) is 29.9 Å². The molecule has 2 aromatic heterocycles. The van der Waals surface area contributed by atoms with Gasteiger partial charge in [0.1, 0.15) is 5.82 Å². The van der Waals surface area contributed by atoms with Crippen molar-refractivity contribution in [2.24, 2.45) is 5.92 Å². The maximum Gasteiger partial charge on any atom is 0.233 e. The molecule has 2 heterocycles. The molecule has 2 aromatic rings. The smallest absolute Gasteiger partial charge is 0.233 e. The number of amides is 1. The zero-order chi connectivity index (χ0) is 18.1. The number of thiophene rings is 1. The van der Waals surface area contributed by atoms with Crippen molar-refractivity contribution in [3.05, 3.63) is 28.2 Å². The van der Waals surface area contributed by atoms with Crippen molar-refractivity contribution in [2.75, 3.05) is 12.3 Å². The van der Waals surface area contributed by atoms with Gasteiger partial charge >= 0.3 is 0 Å². The van der Waals surface area contributed by atoms with Crippen molar-refractivity contribution < 1.29 is 4.79 Å². The van der Waals surface area contributed by atoms with Crippen LogP contribution in [0.15, 0.2) is 22.7 Å². The molecular weight excluding hydrogens is 364 g/mol. The third kappa shape index (κ3) is 4.31. The monoisotopic (exact) mass is 390 g/mol. The van der Waals surface area contributed by atoms with E-state index < -0.39 is 0 Å². The Labute approximate surface area is 163 Å². The fourth-order valence-electron chi connectivity index (χ4n) is 3.24. The molecule has 1 amide bonds. The first-order valence-electron chi connectivity index (χ1n) is 9.50. The molecule has 2 saturated carbocycles. The Hall–Kier alpha value is -1.34. The molecule has 2 aliphatic rings. The second-order valence-electron chi connectivity index (χ2n) is 7.72. The van der Waals surface area contributed by atoms with Gasteiger partial charge in [0.05, 0.1) is 5.75 Å². The summed E-state index contributed by atoms with van der Waals surface area (Å²) in [5.41, 5.74) is 0. The van der Waals surface area contributed by atoms with Crippen molar-refractivity contribution in [2.45, 2.75) is 63.2 Å². The van der Waals surface area contributed by atoms with Gasteiger partial charge in [0.2, 0.25) is 5.91 Å². The molecule has 0 aliphatic heterocycles. The van der Waals surface area contributed by atoms with Crippen LogP contribution in [0, 0.1) is 5.92 Å². The van der Waals surface area contributed by atoms with Crippen molar-refractivity contribution in [3.63, 3.8) is 0 Å². The highest BCUT2D eigenvalue weighted by Crippen LogP contribution is 2.39. The van der Waals surface area contributed by atoms with E-state index in [1.807, 2.05) is 0 Å². The van der Waals surface area contributed by atoms with Gasteiger partial charge in [-0.15, -0.1) is 21.5 Å². The zero-order valence-electron chi connectivity index (χ0n) is 15.4. The number of aromatic nitrogens is 3. The van der Waals surface area contributed by atoms with E-state index in [1.54, 1.807) is 23.1 Å². The summed E-state index contributed by atoms with van der Waals surface area (Å²) in [6.45, 7) is 5.22. The van der Waals surface area contributed by atoms with E-state index in [2.05, 4.69) is 51.0 Å². The Morgan fingerprint density at radius 3 is 2.77 bits per heavy atom. The van der Waals surface area contributed by atoms with Crippen LogP contribution in [0.3, 0.4) is 0 Å². The van der Waals surface area contributed by atoms with E-state index in [9.17, 15) is 4.79 Å². The molecule has 0 atom stereocenters. The van der Waals surface area contributed by atoms with Crippen molar-refractivity contribution >= 4 is 29.0 Å². The molecule has 26 heavy (non-hydrogen) atoms. The average molecular weight is 391 g/mol. The molecule has 0 spiro atoms. The Morgan fingerprint density at radius 2 is 2.15 bits per heavy atom. The lowest BCUT2D eigenvalue weighted by Crippen LogP contribution is -2.37. The molecule has 5 nitrogen and oxygen atoms in total. The molecule has 4 rings (SSSR count). The Kier molecular flexibility index (Phi) is 5.36. The molecule has 0 aromatic carbocycles. The minimum atomic E-state index is 0.247. The van der Waals surface area contributed by atoms with Crippen LogP contribution in [0.2, 0.25) is 0 Å². The molecule has 0 bridgehead atoms. The maximum atomic E-state index is 12.7. The summed E-state index contributed by atoms with van der Waals surface area (Å²) in [5.74, 6) is 2.26. The van der Waals surface area contributed by atoms with Gasteiger partial charge in [-0.25, -0.2) is 0 Å². The largest absolute Gasteiger partial charge is 0.339 e. The predicted molar refractivity (Wildman–Crippen MR) is 106 cm³/mol. The lowest BCUT2D eigenvalue weighted by atomic mass is 10.2. The van der Waals surface area contributed by atoms with Crippen LogP contribution in [0.4, 0.5) is 0 Å². The van der Waals surface area contributed by atoms with Crippen LogP contribution in [0.25, 0.3) is 0 Å². The van der Waals surface area contributed by atoms with E-state index in [-0.39, 0.29) is 5.91 Å². The van der Waals surface area contributed by atoms with Crippen LogP contribution in [0.5, 0.6) is 0 Å². The van der Waals surface area contributed by atoms with Crippen LogP contribution < -0.4 is 0 Å². The number of hydrogen-bond acceptors (Lipinski definition) is 5. The van der Waals surface area contributed by atoms with Gasteiger partial charge in [-0.2, -0.15) is 0 Å². The normalized spacial score (nSPS) is 17.0. The summed E-state index contributed by atoms with van der Waals surface area (Å²) in [7, 11) is 0. The molecule has 0 radical (unpaired) electrons. The molecule has 140 valence electrons. The van der Waals surface area contributed by atoms with Crippen molar-refractivity contribution in [1.29, 1.82) is 0 Å². The number of carbonyl (C=O) groups is 1. The van der Waals surface area contributed by atoms with E-state index in [4.69, 9.17) is 0 Å². The Morgan fingerprint density at radius 1 is 1.35 bits per heavy atom. The summed E-state index contributed by atoms with van der Waals surface area (Å²) in [6.07, 6.45) is 5.53. The van der Waals surface area contributed by atoms with Crippen LogP contribution in [0.1, 0.15) is 56.3 Å². The lowest BCUT2D eigenvalue weighted by molar-refractivity contribution is -0.129. The Balaban J connectivity index is 1.43. The van der Waals surface area contributed by atoms with Gasteiger partial charge < -0.3 is 9.47 Å². The topological polar surface area (TPSA) is 51.0 Å². The van der Waals surface area contributed by atoms with Crippen LogP contribution in [-0.2, 0) is 11.2 Å².